The van der Waals surface area contributed by atoms with Gasteiger partial charge in [-0.15, -0.1) is 0 Å². The minimum absolute atomic E-state index is 0.0244. The predicted octanol–water partition coefficient (Wildman–Crippen LogP) is 3.26. The Morgan fingerprint density at radius 3 is 2.50 bits per heavy atom. The van der Waals surface area contributed by atoms with Crippen molar-refractivity contribution in [2.45, 2.75) is 27.2 Å². The molecule has 0 fully saturated rings. The van der Waals surface area contributed by atoms with Crippen molar-refractivity contribution in [3.05, 3.63) is 40.7 Å². The fourth-order valence-electron chi connectivity index (χ4n) is 1.73. The quantitative estimate of drug-likeness (QED) is 0.904. The van der Waals surface area contributed by atoms with Crippen molar-refractivity contribution < 1.29 is 8.78 Å². The molecule has 0 aliphatic rings. The Kier molecular flexibility index (Phi) is 3.83. The fraction of sp³-hybridized carbons (Fsp3) is 0.286. The molecule has 0 atom stereocenters. The van der Waals surface area contributed by atoms with E-state index in [1.807, 2.05) is 6.92 Å². The second kappa shape index (κ2) is 5.40. The van der Waals surface area contributed by atoms with Gasteiger partial charge in [0.25, 0.3) is 0 Å². The summed E-state index contributed by atoms with van der Waals surface area (Å²) in [5.74, 6) is 0.232. The summed E-state index contributed by atoms with van der Waals surface area (Å²) in [6, 6.07) is 2.24. The summed E-state index contributed by atoms with van der Waals surface area (Å²) in [5.41, 5.74) is 6.66. The lowest BCUT2D eigenvalue weighted by molar-refractivity contribution is 0.595. The van der Waals surface area contributed by atoms with Gasteiger partial charge in [-0.2, -0.15) is 0 Å². The molecule has 0 spiro atoms. The molecule has 0 unspecified atom stereocenters. The lowest BCUT2D eigenvalue weighted by Gasteiger charge is -2.12. The summed E-state index contributed by atoms with van der Waals surface area (Å²) in [6.07, 6.45) is 0.601. The van der Waals surface area contributed by atoms with Crippen LogP contribution < -0.4 is 11.1 Å². The van der Waals surface area contributed by atoms with E-state index in [0.29, 0.717) is 29.4 Å². The van der Waals surface area contributed by atoms with E-state index < -0.39 is 11.6 Å². The zero-order chi connectivity index (χ0) is 14.9. The topological polar surface area (TPSA) is 63.8 Å². The molecule has 20 heavy (non-hydrogen) atoms. The molecule has 0 aliphatic heterocycles. The van der Waals surface area contributed by atoms with E-state index in [4.69, 9.17) is 5.73 Å². The highest BCUT2D eigenvalue weighted by Crippen LogP contribution is 2.25. The summed E-state index contributed by atoms with van der Waals surface area (Å²) in [7, 11) is 0. The van der Waals surface area contributed by atoms with Gasteiger partial charge in [0.15, 0.2) is 0 Å². The minimum Gasteiger partial charge on any atom is -0.383 e. The Morgan fingerprint density at radius 2 is 1.85 bits per heavy atom. The van der Waals surface area contributed by atoms with Gasteiger partial charge in [-0.05, 0) is 25.5 Å². The summed E-state index contributed by atoms with van der Waals surface area (Å²) < 4.78 is 27.4. The normalized spacial score (nSPS) is 10.7. The standard InChI is InChI=1S/C14H16F2N4/c1-4-12-19-13(17)8(3)14(20-12)18-11-6-9(15)7(2)5-10(11)16/h5-6H,4H2,1-3H3,(H3,17,18,19,20). The number of nitrogens with two attached hydrogens (primary N) is 1. The van der Waals surface area contributed by atoms with E-state index in [0.717, 1.165) is 12.1 Å². The Balaban J connectivity index is 2.44. The molecule has 0 aliphatic carbocycles. The molecule has 0 saturated heterocycles. The number of benzene rings is 1. The number of nitrogens with zero attached hydrogens (tertiary/aromatic N) is 2. The van der Waals surface area contributed by atoms with Crippen molar-refractivity contribution in [2.75, 3.05) is 11.1 Å². The molecule has 0 amide bonds. The fourth-order valence-corrected chi connectivity index (χ4v) is 1.73. The van der Waals surface area contributed by atoms with Crippen LogP contribution in [0, 0.1) is 25.5 Å². The Bertz CT molecular complexity index is 656. The molecule has 1 heterocycles. The first-order valence-corrected chi connectivity index (χ1v) is 6.28. The van der Waals surface area contributed by atoms with Crippen molar-refractivity contribution in [1.29, 1.82) is 0 Å². The lowest BCUT2D eigenvalue weighted by Crippen LogP contribution is -2.07. The van der Waals surface area contributed by atoms with Gasteiger partial charge in [0.2, 0.25) is 0 Å². The maximum Gasteiger partial charge on any atom is 0.147 e. The van der Waals surface area contributed by atoms with E-state index in [1.54, 1.807) is 6.92 Å². The molecule has 0 radical (unpaired) electrons. The number of nitrogens with one attached hydrogen (secondary N) is 1. The molecule has 106 valence electrons. The Morgan fingerprint density at radius 1 is 1.15 bits per heavy atom. The number of rotatable bonds is 3. The van der Waals surface area contributed by atoms with Crippen LogP contribution in [-0.4, -0.2) is 9.97 Å². The molecule has 0 saturated carbocycles. The minimum atomic E-state index is -0.543. The third kappa shape index (κ3) is 2.68. The molecule has 2 rings (SSSR count). The summed E-state index contributed by atoms with van der Waals surface area (Å²) in [4.78, 5) is 8.36. The van der Waals surface area contributed by atoms with Crippen molar-refractivity contribution >= 4 is 17.3 Å². The number of hydrogen-bond acceptors (Lipinski definition) is 4. The monoisotopic (exact) mass is 278 g/mol. The molecule has 2 aromatic rings. The van der Waals surface area contributed by atoms with E-state index in [1.165, 1.54) is 6.92 Å². The molecule has 0 bridgehead atoms. The Hall–Kier alpha value is -2.24. The third-order valence-corrected chi connectivity index (χ3v) is 3.05. The molecule has 3 N–H and O–H groups in total. The van der Waals surface area contributed by atoms with Gasteiger partial charge in [-0.1, -0.05) is 6.92 Å². The first-order valence-electron chi connectivity index (χ1n) is 6.28. The van der Waals surface area contributed by atoms with Crippen LogP contribution in [0.2, 0.25) is 0 Å². The predicted molar refractivity (Wildman–Crippen MR) is 74.9 cm³/mol. The van der Waals surface area contributed by atoms with Crippen LogP contribution in [0.5, 0.6) is 0 Å². The number of aryl methyl sites for hydroxylation is 2. The average molecular weight is 278 g/mol. The number of hydrogen-bond donors (Lipinski definition) is 2. The van der Waals surface area contributed by atoms with Gasteiger partial charge in [0, 0.05) is 18.1 Å². The number of nitrogen functional groups attached to an aromatic ring is 1. The lowest BCUT2D eigenvalue weighted by atomic mass is 10.2. The van der Waals surface area contributed by atoms with E-state index in [2.05, 4.69) is 15.3 Å². The highest BCUT2D eigenvalue weighted by molar-refractivity contribution is 5.64. The summed E-state index contributed by atoms with van der Waals surface area (Å²) >= 11 is 0. The van der Waals surface area contributed by atoms with E-state index >= 15 is 0 Å². The van der Waals surface area contributed by atoms with Crippen LogP contribution in [0.15, 0.2) is 12.1 Å². The smallest absolute Gasteiger partial charge is 0.147 e. The first kappa shape index (κ1) is 14.2. The molecule has 1 aromatic carbocycles. The maximum atomic E-state index is 13.8. The van der Waals surface area contributed by atoms with Crippen LogP contribution in [0.3, 0.4) is 0 Å². The van der Waals surface area contributed by atoms with E-state index in [9.17, 15) is 8.78 Å². The molecular weight excluding hydrogens is 262 g/mol. The second-order valence-electron chi connectivity index (χ2n) is 4.56. The number of anilines is 3. The molecule has 6 heteroatoms. The molecule has 4 nitrogen and oxygen atoms in total. The Labute approximate surface area is 116 Å². The van der Waals surface area contributed by atoms with Gasteiger partial charge >= 0.3 is 0 Å². The highest BCUT2D eigenvalue weighted by Gasteiger charge is 2.12. The zero-order valence-electron chi connectivity index (χ0n) is 11.6. The zero-order valence-corrected chi connectivity index (χ0v) is 11.6. The summed E-state index contributed by atoms with van der Waals surface area (Å²) in [6.45, 7) is 5.12. The second-order valence-corrected chi connectivity index (χ2v) is 4.56. The van der Waals surface area contributed by atoms with Crippen molar-refractivity contribution in [3.8, 4) is 0 Å². The average Bonchev–Trinajstić information content (AvgIpc) is 2.40. The van der Waals surface area contributed by atoms with E-state index in [-0.39, 0.29) is 11.3 Å². The van der Waals surface area contributed by atoms with Crippen molar-refractivity contribution in [2.24, 2.45) is 0 Å². The van der Waals surface area contributed by atoms with Gasteiger partial charge in [0.1, 0.15) is 29.1 Å². The van der Waals surface area contributed by atoms with Crippen LogP contribution >= 0.6 is 0 Å². The highest BCUT2D eigenvalue weighted by atomic mass is 19.1. The van der Waals surface area contributed by atoms with Gasteiger partial charge in [-0.25, -0.2) is 18.7 Å². The largest absolute Gasteiger partial charge is 0.383 e. The molecular formula is C14H16F2N4. The summed E-state index contributed by atoms with van der Waals surface area (Å²) in [5, 5.41) is 2.78. The van der Waals surface area contributed by atoms with Crippen LogP contribution in [-0.2, 0) is 6.42 Å². The number of aromatic nitrogens is 2. The van der Waals surface area contributed by atoms with Gasteiger partial charge in [0.05, 0.1) is 5.69 Å². The van der Waals surface area contributed by atoms with Crippen LogP contribution in [0.4, 0.5) is 26.1 Å². The van der Waals surface area contributed by atoms with Crippen LogP contribution in [0.1, 0.15) is 23.9 Å². The SMILES string of the molecule is CCc1nc(N)c(C)c(Nc2cc(F)c(C)cc2F)n1. The number of halogens is 2. The maximum absolute atomic E-state index is 13.8. The third-order valence-electron chi connectivity index (χ3n) is 3.05. The molecule has 1 aromatic heterocycles. The van der Waals surface area contributed by atoms with Crippen LogP contribution in [0.25, 0.3) is 0 Å². The van der Waals surface area contributed by atoms with Crippen molar-refractivity contribution in [3.63, 3.8) is 0 Å². The first-order chi connectivity index (χ1) is 9.42. The van der Waals surface area contributed by atoms with Gasteiger partial charge in [-0.3, -0.25) is 0 Å². The van der Waals surface area contributed by atoms with Gasteiger partial charge < -0.3 is 11.1 Å². The van der Waals surface area contributed by atoms with Crippen molar-refractivity contribution in [1.82, 2.24) is 9.97 Å².